The van der Waals surface area contributed by atoms with Crippen LogP contribution in [0.25, 0.3) is 0 Å². The molecule has 2 rings (SSSR count). The molecule has 24 heavy (non-hydrogen) atoms. The summed E-state index contributed by atoms with van der Waals surface area (Å²) in [5.74, 6) is 1.39. The van der Waals surface area contributed by atoms with E-state index < -0.39 is 0 Å². The summed E-state index contributed by atoms with van der Waals surface area (Å²) in [6.45, 7) is 6.95. The minimum absolute atomic E-state index is 0.0417. The van der Waals surface area contributed by atoms with Crippen LogP contribution in [0.2, 0.25) is 0 Å². The first-order valence-electron chi connectivity index (χ1n) is 8.65. The fourth-order valence-corrected chi connectivity index (χ4v) is 3.00. The third-order valence-corrected chi connectivity index (χ3v) is 4.80. The van der Waals surface area contributed by atoms with E-state index in [0.29, 0.717) is 5.92 Å². The highest BCUT2D eigenvalue weighted by Crippen LogP contribution is 2.36. The Morgan fingerprint density at radius 1 is 1.12 bits per heavy atom. The summed E-state index contributed by atoms with van der Waals surface area (Å²) >= 11 is 1.46. The summed E-state index contributed by atoms with van der Waals surface area (Å²) in [6.07, 6.45) is 7.85. The van der Waals surface area contributed by atoms with Crippen LogP contribution in [0.5, 0.6) is 0 Å². The molecule has 1 aromatic carbocycles. The molecule has 0 unspecified atom stereocenters. The minimum atomic E-state index is 0.0417. The first-order chi connectivity index (χ1) is 11.4. The molecule has 1 saturated carbocycles. The lowest BCUT2D eigenvalue weighted by Crippen LogP contribution is -2.16. The minimum Gasteiger partial charge on any atom is -0.379 e. The SMILES string of the molecule is COC(C)(C)C.CSOCC1CCC(c2ccc(C=O)cc2)CC1. The van der Waals surface area contributed by atoms with E-state index in [2.05, 4.69) is 12.1 Å². The van der Waals surface area contributed by atoms with E-state index in [9.17, 15) is 4.79 Å². The summed E-state index contributed by atoms with van der Waals surface area (Å²) in [4.78, 5) is 10.6. The van der Waals surface area contributed by atoms with Crippen molar-refractivity contribution in [3.05, 3.63) is 35.4 Å². The van der Waals surface area contributed by atoms with Crippen molar-refractivity contribution in [3.8, 4) is 0 Å². The van der Waals surface area contributed by atoms with Crippen molar-refractivity contribution < 1.29 is 13.7 Å². The summed E-state index contributed by atoms with van der Waals surface area (Å²) in [7, 11) is 1.71. The highest BCUT2D eigenvalue weighted by Gasteiger charge is 2.22. The zero-order valence-electron chi connectivity index (χ0n) is 15.7. The zero-order valence-corrected chi connectivity index (χ0v) is 16.5. The molecule has 0 amide bonds. The molecule has 0 aromatic heterocycles. The number of ether oxygens (including phenoxy) is 1. The molecule has 0 spiro atoms. The van der Waals surface area contributed by atoms with Gasteiger partial charge >= 0.3 is 0 Å². The van der Waals surface area contributed by atoms with Gasteiger partial charge in [0.05, 0.1) is 12.2 Å². The Morgan fingerprint density at radius 3 is 2.08 bits per heavy atom. The molecular formula is C20H32O3S. The smallest absolute Gasteiger partial charge is 0.150 e. The fourth-order valence-electron chi connectivity index (χ4n) is 2.67. The number of benzene rings is 1. The van der Waals surface area contributed by atoms with Crippen LogP contribution >= 0.6 is 12.0 Å². The topological polar surface area (TPSA) is 35.5 Å². The number of hydrogen-bond donors (Lipinski definition) is 0. The van der Waals surface area contributed by atoms with Gasteiger partial charge in [-0.05, 0) is 75.9 Å². The number of carbonyl (C=O) groups excluding carboxylic acids is 1. The van der Waals surface area contributed by atoms with Crippen molar-refractivity contribution in [1.82, 2.24) is 0 Å². The molecule has 0 saturated heterocycles. The standard InChI is InChI=1S/C15H20O2S.C5H12O/c1-18-17-11-13-4-8-15(9-5-13)14-6-2-12(10-16)3-7-14;1-5(2,3)6-4/h2-3,6-7,10,13,15H,4-5,8-9,11H2,1H3;1-4H3. The molecule has 0 aliphatic heterocycles. The van der Waals surface area contributed by atoms with Gasteiger partial charge in [0.15, 0.2) is 0 Å². The summed E-state index contributed by atoms with van der Waals surface area (Å²) in [5, 5.41) is 0. The second-order valence-electron chi connectivity index (χ2n) is 7.27. The van der Waals surface area contributed by atoms with Crippen LogP contribution in [-0.2, 0) is 8.92 Å². The molecule has 1 aliphatic rings. The molecule has 3 nitrogen and oxygen atoms in total. The van der Waals surface area contributed by atoms with E-state index in [1.165, 1.54) is 43.3 Å². The number of rotatable bonds is 5. The largest absolute Gasteiger partial charge is 0.379 e. The molecule has 0 N–H and O–H groups in total. The van der Waals surface area contributed by atoms with Crippen LogP contribution in [0.1, 0.15) is 68.3 Å². The molecule has 0 bridgehead atoms. The highest BCUT2D eigenvalue weighted by atomic mass is 32.2. The van der Waals surface area contributed by atoms with Crippen LogP contribution in [0.3, 0.4) is 0 Å². The van der Waals surface area contributed by atoms with Gasteiger partial charge in [0.2, 0.25) is 0 Å². The molecule has 0 heterocycles. The molecule has 1 fully saturated rings. The lowest BCUT2D eigenvalue weighted by Gasteiger charge is -2.28. The molecule has 1 aromatic rings. The molecule has 1 aliphatic carbocycles. The molecule has 0 radical (unpaired) electrons. The predicted octanol–water partition coefficient (Wildman–Crippen LogP) is 5.50. The fraction of sp³-hybridized carbons (Fsp3) is 0.650. The Morgan fingerprint density at radius 2 is 1.67 bits per heavy atom. The average Bonchev–Trinajstić information content (AvgIpc) is 2.60. The second-order valence-corrected chi connectivity index (χ2v) is 7.84. The number of aldehydes is 1. The Balaban J connectivity index is 0.000000413. The van der Waals surface area contributed by atoms with Gasteiger partial charge in [-0.3, -0.25) is 4.79 Å². The van der Waals surface area contributed by atoms with E-state index in [4.69, 9.17) is 8.92 Å². The van der Waals surface area contributed by atoms with E-state index >= 15 is 0 Å². The molecule has 4 heteroatoms. The van der Waals surface area contributed by atoms with Gasteiger partial charge in [0, 0.05) is 18.9 Å². The van der Waals surface area contributed by atoms with Gasteiger partial charge < -0.3 is 8.92 Å². The monoisotopic (exact) mass is 352 g/mol. The highest BCUT2D eigenvalue weighted by molar-refractivity contribution is 7.93. The van der Waals surface area contributed by atoms with Crippen LogP contribution in [-0.4, -0.2) is 31.9 Å². The zero-order chi connectivity index (χ0) is 18.0. The third kappa shape index (κ3) is 8.32. The van der Waals surface area contributed by atoms with Gasteiger partial charge in [-0.1, -0.05) is 24.3 Å². The Bertz CT molecular complexity index is 457. The van der Waals surface area contributed by atoms with Crippen molar-refractivity contribution in [2.75, 3.05) is 20.0 Å². The van der Waals surface area contributed by atoms with Gasteiger partial charge in [-0.15, -0.1) is 0 Å². The van der Waals surface area contributed by atoms with Crippen LogP contribution in [0, 0.1) is 5.92 Å². The second kappa shape index (κ2) is 10.9. The van der Waals surface area contributed by atoms with Gasteiger partial charge in [-0.25, -0.2) is 0 Å². The van der Waals surface area contributed by atoms with Crippen molar-refractivity contribution in [2.24, 2.45) is 5.92 Å². The van der Waals surface area contributed by atoms with Crippen LogP contribution in [0.4, 0.5) is 0 Å². The lowest BCUT2D eigenvalue weighted by molar-refractivity contribution is 0.0397. The van der Waals surface area contributed by atoms with Crippen molar-refractivity contribution in [1.29, 1.82) is 0 Å². The van der Waals surface area contributed by atoms with Crippen LogP contribution in [0.15, 0.2) is 24.3 Å². The number of carbonyl (C=O) groups is 1. The maximum Gasteiger partial charge on any atom is 0.150 e. The van der Waals surface area contributed by atoms with E-state index in [-0.39, 0.29) is 5.60 Å². The Kier molecular flexibility index (Phi) is 9.64. The van der Waals surface area contributed by atoms with Crippen molar-refractivity contribution in [2.45, 2.75) is 58.0 Å². The normalized spacial score (nSPS) is 20.9. The van der Waals surface area contributed by atoms with Gasteiger partial charge in [0.25, 0.3) is 0 Å². The Labute approximate surface area is 151 Å². The lowest BCUT2D eigenvalue weighted by atomic mass is 9.79. The van der Waals surface area contributed by atoms with E-state index in [0.717, 1.165) is 24.4 Å². The number of methoxy groups -OCH3 is 1. The molecule has 136 valence electrons. The van der Waals surface area contributed by atoms with Crippen LogP contribution < -0.4 is 0 Å². The van der Waals surface area contributed by atoms with Crippen molar-refractivity contribution >= 4 is 18.3 Å². The first-order valence-corrected chi connectivity index (χ1v) is 9.80. The third-order valence-electron chi connectivity index (χ3n) is 4.42. The Hall–Kier alpha value is -0.840. The first kappa shape index (κ1) is 21.2. The summed E-state index contributed by atoms with van der Waals surface area (Å²) in [6, 6.07) is 8.05. The maximum atomic E-state index is 10.6. The van der Waals surface area contributed by atoms with Gasteiger partial charge in [0.1, 0.15) is 6.29 Å². The van der Waals surface area contributed by atoms with Crippen molar-refractivity contribution in [3.63, 3.8) is 0 Å². The van der Waals surface area contributed by atoms with E-state index in [1.807, 2.05) is 39.2 Å². The average molecular weight is 353 g/mol. The maximum absolute atomic E-state index is 10.6. The predicted molar refractivity (Wildman–Crippen MR) is 103 cm³/mol. The van der Waals surface area contributed by atoms with Gasteiger partial charge in [-0.2, -0.15) is 0 Å². The van der Waals surface area contributed by atoms with E-state index in [1.54, 1.807) is 7.11 Å². The molecular weight excluding hydrogens is 320 g/mol. The molecule has 0 atom stereocenters. The summed E-state index contributed by atoms with van der Waals surface area (Å²) < 4.78 is 10.4. The number of hydrogen-bond acceptors (Lipinski definition) is 4. The summed E-state index contributed by atoms with van der Waals surface area (Å²) in [5.41, 5.74) is 2.19. The quantitative estimate of drug-likeness (QED) is 0.518.